The molecule has 0 spiro atoms. The first-order valence-corrected chi connectivity index (χ1v) is 4.78. The molecule has 66 valence electrons. The van der Waals surface area contributed by atoms with Crippen LogP contribution in [0.25, 0.3) is 0 Å². The Morgan fingerprint density at radius 3 is 2.82 bits per heavy atom. The van der Waals surface area contributed by atoms with Crippen LogP contribution in [0, 0.1) is 0 Å². The molecule has 0 radical (unpaired) electrons. The maximum Gasteiger partial charge on any atom is 0.232 e. The van der Waals surface area contributed by atoms with Gasteiger partial charge in [0.15, 0.2) is 0 Å². The van der Waals surface area contributed by atoms with Gasteiger partial charge in [0.2, 0.25) is 11.3 Å². The van der Waals surface area contributed by atoms with Gasteiger partial charge in [-0.25, -0.2) is 8.93 Å². The zero-order valence-electron chi connectivity index (χ0n) is 6.45. The molecule has 0 aliphatic carbocycles. The van der Waals surface area contributed by atoms with Crippen molar-refractivity contribution in [1.82, 2.24) is 4.72 Å². The molecule has 0 aromatic heterocycles. The second-order valence-corrected chi connectivity index (χ2v) is 3.52. The second-order valence-electron chi connectivity index (χ2n) is 2.79. The maximum atomic E-state index is 10.3. The molecule has 1 aliphatic rings. The van der Waals surface area contributed by atoms with E-state index in [2.05, 4.69) is 4.72 Å². The summed E-state index contributed by atoms with van der Waals surface area (Å²) in [5.74, 6) is 0. The lowest BCUT2D eigenvalue weighted by molar-refractivity contribution is 0.0135. The molecule has 2 N–H and O–H groups in total. The first-order valence-electron chi connectivity index (χ1n) is 3.67. The predicted octanol–water partition coefficient (Wildman–Crippen LogP) is 0.280. The van der Waals surface area contributed by atoms with E-state index in [1.165, 1.54) is 0 Å². The molecule has 1 saturated heterocycles. The summed E-state index contributed by atoms with van der Waals surface area (Å²) in [5, 5.41) is 0. The van der Waals surface area contributed by atoms with Gasteiger partial charge in [0.25, 0.3) is 0 Å². The third-order valence-electron chi connectivity index (χ3n) is 1.77. The van der Waals surface area contributed by atoms with E-state index >= 15 is 0 Å². The summed E-state index contributed by atoms with van der Waals surface area (Å²) in [6.45, 7) is 2.54. The molecule has 0 bridgehead atoms. The van der Waals surface area contributed by atoms with Crippen LogP contribution in [0.15, 0.2) is 0 Å². The third-order valence-corrected chi connectivity index (χ3v) is 2.31. The van der Waals surface area contributed by atoms with E-state index in [9.17, 15) is 4.21 Å². The average Bonchev–Trinajstić information content (AvgIpc) is 1.93. The van der Waals surface area contributed by atoms with Crippen LogP contribution in [-0.4, -0.2) is 27.5 Å². The van der Waals surface area contributed by atoms with Gasteiger partial charge < -0.3 is 4.74 Å². The fourth-order valence-electron chi connectivity index (χ4n) is 1.12. The van der Waals surface area contributed by atoms with Crippen LogP contribution in [0.4, 0.5) is 0 Å². The van der Waals surface area contributed by atoms with Crippen molar-refractivity contribution in [1.29, 1.82) is 0 Å². The Bertz CT molecular complexity index is 145. The Morgan fingerprint density at radius 2 is 2.36 bits per heavy atom. The molecular weight excluding hydrogens is 166 g/mol. The molecule has 11 heavy (non-hydrogen) atoms. The summed E-state index contributed by atoms with van der Waals surface area (Å²) in [7, 11) is 0. The van der Waals surface area contributed by atoms with E-state index < -0.39 is 11.3 Å². The Morgan fingerprint density at radius 1 is 1.64 bits per heavy atom. The Balaban J connectivity index is 2.22. The van der Waals surface area contributed by atoms with E-state index in [0.29, 0.717) is 12.7 Å². The number of hydrogen-bond acceptors (Lipinski definition) is 2. The van der Waals surface area contributed by atoms with Crippen LogP contribution in [0.1, 0.15) is 19.8 Å². The molecule has 0 aromatic rings. The average molecular weight is 179 g/mol. The van der Waals surface area contributed by atoms with Crippen molar-refractivity contribution in [3.63, 3.8) is 0 Å². The Labute approximate surface area is 68.7 Å². The van der Waals surface area contributed by atoms with Gasteiger partial charge in [0.05, 0.1) is 12.7 Å². The van der Waals surface area contributed by atoms with Crippen LogP contribution in [0.3, 0.4) is 0 Å². The van der Waals surface area contributed by atoms with Crippen molar-refractivity contribution in [3.05, 3.63) is 0 Å². The van der Waals surface area contributed by atoms with E-state index in [-0.39, 0.29) is 6.04 Å². The molecule has 0 aromatic carbocycles. The van der Waals surface area contributed by atoms with Crippen molar-refractivity contribution < 1.29 is 13.5 Å². The standard InChI is InChI=1S/C6H13NO3S/c1-5-2-3-6(4-10-5)7-11(8)9/h5-7H,2-4H2,1H3,(H,8,9). The van der Waals surface area contributed by atoms with Crippen LogP contribution >= 0.6 is 0 Å². The van der Waals surface area contributed by atoms with Gasteiger partial charge in [-0.2, -0.15) is 0 Å². The van der Waals surface area contributed by atoms with Crippen LogP contribution < -0.4 is 4.72 Å². The van der Waals surface area contributed by atoms with Gasteiger partial charge in [-0.05, 0) is 19.8 Å². The van der Waals surface area contributed by atoms with Gasteiger partial charge >= 0.3 is 0 Å². The summed E-state index contributed by atoms with van der Waals surface area (Å²) in [6, 6.07) is 0.0389. The molecule has 1 aliphatic heterocycles. The van der Waals surface area contributed by atoms with Crippen molar-refractivity contribution in [2.24, 2.45) is 0 Å². The summed E-state index contributed by atoms with van der Waals surface area (Å²) in [4.78, 5) is 0. The molecule has 5 heteroatoms. The molecule has 3 atom stereocenters. The molecule has 0 amide bonds. The Kier molecular flexibility index (Phi) is 3.45. The summed E-state index contributed by atoms with van der Waals surface area (Å²) < 4.78 is 26.6. The van der Waals surface area contributed by atoms with Crippen LogP contribution in [0.2, 0.25) is 0 Å². The number of ether oxygens (including phenoxy) is 1. The number of hydrogen-bond donors (Lipinski definition) is 2. The molecule has 0 saturated carbocycles. The molecule has 4 nitrogen and oxygen atoms in total. The largest absolute Gasteiger partial charge is 0.377 e. The number of rotatable bonds is 2. The highest BCUT2D eigenvalue weighted by Crippen LogP contribution is 2.12. The van der Waals surface area contributed by atoms with Crippen molar-refractivity contribution >= 4 is 11.3 Å². The third kappa shape index (κ3) is 3.29. The highest BCUT2D eigenvalue weighted by atomic mass is 32.2. The minimum atomic E-state index is -1.90. The van der Waals surface area contributed by atoms with Gasteiger partial charge in [-0.1, -0.05) is 0 Å². The normalized spacial score (nSPS) is 35.1. The highest BCUT2D eigenvalue weighted by molar-refractivity contribution is 7.77. The van der Waals surface area contributed by atoms with Crippen molar-refractivity contribution in [3.8, 4) is 0 Å². The van der Waals surface area contributed by atoms with Gasteiger partial charge in [-0.3, -0.25) is 4.55 Å². The lowest BCUT2D eigenvalue weighted by Crippen LogP contribution is -2.39. The second kappa shape index (κ2) is 4.15. The summed E-state index contributed by atoms with van der Waals surface area (Å²) >= 11 is -1.90. The lowest BCUT2D eigenvalue weighted by Gasteiger charge is -2.25. The predicted molar refractivity (Wildman–Crippen MR) is 42.3 cm³/mol. The fourth-order valence-corrected chi connectivity index (χ4v) is 1.59. The molecule has 1 fully saturated rings. The zero-order valence-corrected chi connectivity index (χ0v) is 7.26. The minimum absolute atomic E-state index is 0.0389. The monoisotopic (exact) mass is 179 g/mol. The minimum Gasteiger partial charge on any atom is -0.377 e. The van der Waals surface area contributed by atoms with Crippen molar-refractivity contribution in [2.45, 2.75) is 31.9 Å². The van der Waals surface area contributed by atoms with Crippen LogP contribution in [-0.2, 0) is 16.0 Å². The van der Waals surface area contributed by atoms with Crippen LogP contribution in [0.5, 0.6) is 0 Å². The zero-order chi connectivity index (χ0) is 8.27. The number of nitrogens with one attached hydrogen (secondary N) is 1. The first-order chi connectivity index (χ1) is 5.18. The molecule has 1 rings (SSSR count). The van der Waals surface area contributed by atoms with E-state index in [1.807, 2.05) is 6.92 Å². The van der Waals surface area contributed by atoms with E-state index in [1.54, 1.807) is 0 Å². The molecular formula is C6H13NO3S. The first kappa shape index (κ1) is 9.12. The molecule has 1 heterocycles. The highest BCUT2D eigenvalue weighted by Gasteiger charge is 2.19. The Hall–Kier alpha value is 0.0300. The quantitative estimate of drug-likeness (QED) is 0.599. The maximum absolute atomic E-state index is 10.3. The smallest absolute Gasteiger partial charge is 0.232 e. The topological polar surface area (TPSA) is 58.6 Å². The fraction of sp³-hybridized carbons (Fsp3) is 1.00. The molecule has 3 unspecified atom stereocenters. The summed E-state index contributed by atoms with van der Waals surface area (Å²) in [5.41, 5.74) is 0. The SMILES string of the molecule is CC1CCC(NS(=O)O)CO1. The van der Waals surface area contributed by atoms with Gasteiger partial charge in [0, 0.05) is 6.04 Å². The summed E-state index contributed by atoms with van der Waals surface area (Å²) in [6.07, 6.45) is 2.16. The lowest BCUT2D eigenvalue weighted by atomic mass is 10.1. The van der Waals surface area contributed by atoms with E-state index in [4.69, 9.17) is 9.29 Å². The van der Waals surface area contributed by atoms with Crippen molar-refractivity contribution in [2.75, 3.05) is 6.61 Å². The van der Waals surface area contributed by atoms with E-state index in [0.717, 1.165) is 12.8 Å². The van der Waals surface area contributed by atoms with Gasteiger partial charge in [-0.15, -0.1) is 0 Å². The van der Waals surface area contributed by atoms with Gasteiger partial charge in [0.1, 0.15) is 0 Å².